The number of nitrogens with two attached hydrogens (primary N) is 1. The van der Waals surface area contributed by atoms with E-state index in [1.807, 2.05) is 19.1 Å². The molecule has 0 heterocycles. The third-order valence-corrected chi connectivity index (χ3v) is 4.32. The van der Waals surface area contributed by atoms with Crippen LogP contribution in [0.3, 0.4) is 0 Å². The summed E-state index contributed by atoms with van der Waals surface area (Å²) in [5.41, 5.74) is 8.56. The summed E-state index contributed by atoms with van der Waals surface area (Å²) in [6, 6.07) is 4.50. The summed E-state index contributed by atoms with van der Waals surface area (Å²) < 4.78 is 5.60. The Morgan fingerprint density at radius 3 is 2.27 bits per heavy atom. The first kappa shape index (κ1) is 16.8. The van der Waals surface area contributed by atoms with Gasteiger partial charge in [0.25, 0.3) is 5.91 Å². The molecule has 1 atom stereocenters. The number of carbonyl (C=O) groups excluding carboxylic acids is 1. The van der Waals surface area contributed by atoms with Crippen molar-refractivity contribution in [3.8, 4) is 5.75 Å². The quantitative estimate of drug-likeness (QED) is 0.803. The molecule has 4 nitrogen and oxygen atoms in total. The van der Waals surface area contributed by atoms with E-state index < -0.39 is 5.91 Å². The number of rotatable bonds is 8. The maximum Gasteiger partial charge on any atom is 0.252 e. The number of benzene rings is 1. The Balaban J connectivity index is 2.24. The molecule has 4 heteroatoms. The number of hydrogen-bond donors (Lipinski definition) is 1. The lowest BCUT2D eigenvalue weighted by Gasteiger charge is -2.27. The highest BCUT2D eigenvalue weighted by atomic mass is 16.5. The van der Waals surface area contributed by atoms with Crippen molar-refractivity contribution < 1.29 is 9.53 Å². The van der Waals surface area contributed by atoms with E-state index in [0.29, 0.717) is 24.0 Å². The smallest absolute Gasteiger partial charge is 0.252 e. The summed E-state index contributed by atoms with van der Waals surface area (Å²) in [7, 11) is 0. The van der Waals surface area contributed by atoms with Gasteiger partial charge in [0.15, 0.2) is 0 Å². The topological polar surface area (TPSA) is 55.6 Å². The highest BCUT2D eigenvalue weighted by Gasteiger charge is 2.28. The Bertz CT molecular complexity index is 522. The van der Waals surface area contributed by atoms with E-state index in [9.17, 15) is 4.79 Å². The molecule has 0 aliphatic heterocycles. The number of ether oxygens (including phenoxy) is 1. The number of hydrogen-bond acceptors (Lipinski definition) is 3. The second-order valence-corrected chi connectivity index (χ2v) is 6.01. The maximum atomic E-state index is 11.6. The van der Waals surface area contributed by atoms with Gasteiger partial charge < -0.3 is 10.5 Å². The van der Waals surface area contributed by atoms with E-state index in [2.05, 4.69) is 18.7 Å². The molecule has 1 aliphatic carbocycles. The molecule has 2 rings (SSSR count). The number of carbonyl (C=O) groups is 1. The van der Waals surface area contributed by atoms with E-state index in [4.69, 9.17) is 10.5 Å². The Hall–Kier alpha value is -1.55. The highest BCUT2D eigenvalue weighted by molar-refractivity contribution is 5.96. The van der Waals surface area contributed by atoms with Crippen molar-refractivity contribution in [2.75, 3.05) is 19.7 Å². The molecule has 0 radical (unpaired) electrons. The van der Waals surface area contributed by atoms with Crippen LogP contribution in [-0.4, -0.2) is 36.5 Å². The predicted molar refractivity (Wildman–Crippen MR) is 89.5 cm³/mol. The lowest BCUT2D eigenvalue weighted by Crippen LogP contribution is -2.37. The van der Waals surface area contributed by atoms with Gasteiger partial charge >= 0.3 is 0 Å². The predicted octanol–water partition coefficient (Wildman–Crippen LogP) is 2.77. The van der Waals surface area contributed by atoms with Gasteiger partial charge in [0.1, 0.15) is 5.75 Å². The highest BCUT2D eigenvalue weighted by Crippen LogP contribution is 2.32. The zero-order valence-electron chi connectivity index (χ0n) is 14.0. The summed E-state index contributed by atoms with van der Waals surface area (Å²) in [4.78, 5) is 14.2. The second-order valence-electron chi connectivity index (χ2n) is 6.01. The molecule has 1 aliphatic rings. The average Bonchev–Trinajstić information content (AvgIpc) is 2.89. The molecule has 0 saturated carbocycles. The van der Waals surface area contributed by atoms with Crippen LogP contribution in [0.5, 0.6) is 5.75 Å². The summed E-state index contributed by atoms with van der Waals surface area (Å²) in [5.74, 6) is 0.223. The molecular formula is C18H28N2O2. The largest absolute Gasteiger partial charge is 0.493 e. The van der Waals surface area contributed by atoms with Crippen LogP contribution in [0.1, 0.15) is 55.1 Å². The van der Waals surface area contributed by atoms with Crippen molar-refractivity contribution in [1.82, 2.24) is 4.90 Å². The van der Waals surface area contributed by atoms with Crippen LogP contribution in [0.15, 0.2) is 12.1 Å². The van der Waals surface area contributed by atoms with Crippen LogP contribution in [-0.2, 0) is 12.8 Å². The molecule has 0 aromatic heterocycles. The maximum absolute atomic E-state index is 11.6. The van der Waals surface area contributed by atoms with Crippen LogP contribution >= 0.6 is 0 Å². The molecule has 1 aromatic carbocycles. The summed E-state index contributed by atoms with van der Waals surface area (Å²) in [6.07, 6.45) is 4.38. The molecule has 0 unspecified atom stereocenters. The molecule has 0 fully saturated rings. The molecule has 0 spiro atoms. The van der Waals surface area contributed by atoms with Crippen molar-refractivity contribution in [2.24, 2.45) is 5.73 Å². The van der Waals surface area contributed by atoms with Crippen LogP contribution in [0.4, 0.5) is 0 Å². The van der Waals surface area contributed by atoms with E-state index in [-0.39, 0.29) is 0 Å². The van der Waals surface area contributed by atoms with Gasteiger partial charge in [-0.1, -0.05) is 13.8 Å². The average molecular weight is 304 g/mol. The van der Waals surface area contributed by atoms with Crippen LogP contribution in [0, 0.1) is 0 Å². The summed E-state index contributed by atoms with van der Waals surface area (Å²) in [6.45, 7) is 9.18. The van der Waals surface area contributed by atoms with Crippen molar-refractivity contribution in [3.63, 3.8) is 0 Å². The van der Waals surface area contributed by atoms with Gasteiger partial charge in [0.05, 0.1) is 12.2 Å². The molecular weight excluding hydrogens is 276 g/mol. The fourth-order valence-corrected chi connectivity index (χ4v) is 3.40. The fourth-order valence-electron chi connectivity index (χ4n) is 3.40. The minimum absolute atomic E-state index is 0.409. The SMILES string of the molecule is CCCN(CCC)[C@@H]1Cc2cc(OCC)c(C(N)=O)cc2C1. The number of primary amides is 1. The van der Waals surface area contributed by atoms with Crippen molar-refractivity contribution in [1.29, 1.82) is 0 Å². The monoisotopic (exact) mass is 304 g/mol. The molecule has 0 saturated heterocycles. The Morgan fingerprint density at radius 2 is 1.77 bits per heavy atom. The second kappa shape index (κ2) is 7.63. The molecule has 0 bridgehead atoms. The normalized spacial score (nSPS) is 16.8. The molecule has 2 N–H and O–H groups in total. The first-order chi connectivity index (χ1) is 10.6. The minimum atomic E-state index is -0.409. The Morgan fingerprint density at radius 1 is 1.18 bits per heavy atom. The first-order valence-corrected chi connectivity index (χ1v) is 8.43. The van der Waals surface area contributed by atoms with Crippen LogP contribution in [0.2, 0.25) is 0 Å². The van der Waals surface area contributed by atoms with Gasteiger partial charge in [-0.25, -0.2) is 0 Å². The standard InChI is InChI=1S/C18H28N2O2/c1-4-7-20(8-5-2)15-9-13-11-16(18(19)21)17(22-6-3)12-14(13)10-15/h11-12,15H,4-10H2,1-3H3,(H2,19,21)/t15-/m0/s1. The molecule has 1 aromatic rings. The van der Waals surface area contributed by atoms with Gasteiger partial charge in [-0.05, 0) is 69.0 Å². The van der Waals surface area contributed by atoms with E-state index in [1.165, 1.54) is 24.0 Å². The van der Waals surface area contributed by atoms with Crippen LogP contribution < -0.4 is 10.5 Å². The van der Waals surface area contributed by atoms with Gasteiger partial charge in [0, 0.05) is 6.04 Å². The van der Waals surface area contributed by atoms with Crippen molar-refractivity contribution in [2.45, 2.75) is 52.5 Å². The molecule has 1 amide bonds. The van der Waals surface area contributed by atoms with E-state index in [1.54, 1.807) is 0 Å². The fraction of sp³-hybridized carbons (Fsp3) is 0.611. The first-order valence-electron chi connectivity index (χ1n) is 8.43. The van der Waals surface area contributed by atoms with Gasteiger partial charge in [-0.15, -0.1) is 0 Å². The third-order valence-electron chi connectivity index (χ3n) is 4.32. The van der Waals surface area contributed by atoms with Crippen molar-refractivity contribution >= 4 is 5.91 Å². The number of fused-ring (bicyclic) bond motifs is 1. The van der Waals surface area contributed by atoms with Crippen LogP contribution in [0.25, 0.3) is 0 Å². The van der Waals surface area contributed by atoms with Gasteiger partial charge in [0.2, 0.25) is 0 Å². The van der Waals surface area contributed by atoms with Crippen molar-refractivity contribution in [3.05, 3.63) is 28.8 Å². The third kappa shape index (κ3) is 3.61. The van der Waals surface area contributed by atoms with Gasteiger partial charge in [-0.3, -0.25) is 9.69 Å². The minimum Gasteiger partial charge on any atom is -0.493 e. The molecule has 122 valence electrons. The lowest BCUT2D eigenvalue weighted by molar-refractivity contribution is 0.0996. The zero-order chi connectivity index (χ0) is 16.1. The number of amides is 1. The molecule has 22 heavy (non-hydrogen) atoms. The zero-order valence-corrected chi connectivity index (χ0v) is 14.0. The van der Waals surface area contributed by atoms with E-state index in [0.717, 1.165) is 25.9 Å². The lowest BCUT2D eigenvalue weighted by atomic mass is 10.0. The van der Waals surface area contributed by atoms with E-state index >= 15 is 0 Å². The summed E-state index contributed by atoms with van der Waals surface area (Å²) in [5, 5.41) is 0. The Kier molecular flexibility index (Phi) is 5.83. The summed E-state index contributed by atoms with van der Waals surface area (Å²) >= 11 is 0. The van der Waals surface area contributed by atoms with Gasteiger partial charge in [-0.2, -0.15) is 0 Å². The Labute approximate surface area is 133 Å². The number of nitrogens with zero attached hydrogens (tertiary/aromatic N) is 1.